The van der Waals surface area contributed by atoms with Gasteiger partial charge in [-0.15, -0.1) is 0 Å². The zero-order valence-corrected chi connectivity index (χ0v) is 27.8. The van der Waals surface area contributed by atoms with Crippen molar-refractivity contribution < 1.29 is 27.9 Å². The van der Waals surface area contributed by atoms with E-state index in [1.54, 1.807) is 12.1 Å². The van der Waals surface area contributed by atoms with Gasteiger partial charge >= 0.3 is 0 Å². The molecular formula is C33H50N4O6S. The van der Waals surface area contributed by atoms with Crippen LogP contribution >= 0.6 is 0 Å². The number of aliphatic hydroxyl groups excluding tert-OH is 1. The molecule has 44 heavy (non-hydrogen) atoms. The molecule has 2 amide bonds. The van der Waals surface area contributed by atoms with E-state index in [-0.39, 0.29) is 42.8 Å². The lowest BCUT2D eigenvalue weighted by molar-refractivity contribution is -0.133. The molecule has 1 saturated heterocycles. The van der Waals surface area contributed by atoms with Crippen molar-refractivity contribution in [3.63, 3.8) is 0 Å². The summed E-state index contributed by atoms with van der Waals surface area (Å²) < 4.78 is 33.9. The largest absolute Gasteiger partial charge is 0.497 e. The van der Waals surface area contributed by atoms with Gasteiger partial charge in [-0.05, 0) is 73.5 Å². The Bertz CT molecular complexity index is 1310. The van der Waals surface area contributed by atoms with Crippen LogP contribution in [0.5, 0.6) is 5.75 Å². The van der Waals surface area contributed by atoms with Crippen molar-refractivity contribution in [3.8, 4) is 5.75 Å². The fraction of sp³-hybridized carbons (Fsp3) is 0.576. The molecule has 2 aromatic carbocycles. The number of nitrogens with one attached hydrogen (secondary N) is 2. The Morgan fingerprint density at radius 1 is 0.977 bits per heavy atom. The fourth-order valence-electron chi connectivity index (χ4n) is 5.35. The Balaban J connectivity index is 1.86. The molecule has 1 aliphatic rings. The molecule has 0 spiro atoms. The standard InChI is InChI=1S/C33H50N4O6S/c1-24(2)21-37(44(41,42)27-16-14-26(43-6)15-17-27)22-29(38)28(20-25-12-8-7-9-13-25)34-32(40)31(33(3,4)5)35-30(39)23-36-18-10-11-19-36/h7-9,12-17,24,28-29,31,38H,10-11,18-23H2,1-6H3,(H,34,40)(H,35,39)/t28?,29-,31-/m1/s1. The van der Waals surface area contributed by atoms with Gasteiger partial charge in [-0.3, -0.25) is 14.5 Å². The molecule has 3 N–H and O–H groups in total. The number of rotatable bonds is 15. The first kappa shape index (κ1) is 35.5. The maximum Gasteiger partial charge on any atom is 0.243 e. The minimum atomic E-state index is -3.97. The van der Waals surface area contributed by atoms with Gasteiger partial charge in [-0.25, -0.2) is 8.42 Å². The van der Waals surface area contributed by atoms with Gasteiger partial charge in [0.2, 0.25) is 21.8 Å². The summed E-state index contributed by atoms with van der Waals surface area (Å²) in [6.07, 6.45) is 1.13. The summed E-state index contributed by atoms with van der Waals surface area (Å²) in [6.45, 7) is 11.3. The highest BCUT2D eigenvalue weighted by molar-refractivity contribution is 7.89. The number of hydrogen-bond acceptors (Lipinski definition) is 7. The van der Waals surface area contributed by atoms with Gasteiger partial charge in [0.15, 0.2) is 0 Å². The lowest BCUT2D eigenvalue weighted by Gasteiger charge is -2.35. The molecule has 1 aliphatic heterocycles. The molecule has 2 aromatic rings. The van der Waals surface area contributed by atoms with E-state index in [9.17, 15) is 23.1 Å². The van der Waals surface area contributed by atoms with Gasteiger partial charge in [0.1, 0.15) is 11.8 Å². The summed E-state index contributed by atoms with van der Waals surface area (Å²) in [6, 6.07) is 13.8. The monoisotopic (exact) mass is 630 g/mol. The average molecular weight is 631 g/mol. The molecule has 0 aliphatic carbocycles. The number of carbonyl (C=O) groups excluding carboxylic acids is 2. The van der Waals surface area contributed by atoms with Crippen LogP contribution < -0.4 is 15.4 Å². The van der Waals surface area contributed by atoms with E-state index in [4.69, 9.17) is 4.74 Å². The first-order chi connectivity index (χ1) is 20.7. The van der Waals surface area contributed by atoms with Crippen LogP contribution in [0, 0.1) is 11.3 Å². The summed E-state index contributed by atoms with van der Waals surface area (Å²) in [7, 11) is -2.47. The summed E-state index contributed by atoms with van der Waals surface area (Å²) in [4.78, 5) is 28.9. The lowest BCUT2D eigenvalue weighted by Crippen LogP contribution is -2.59. The van der Waals surface area contributed by atoms with Gasteiger partial charge in [0.25, 0.3) is 0 Å². The summed E-state index contributed by atoms with van der Waals surface area (Å²) in [5.41, 5.74) is 0.254. The number of benzene rings is 2. The molecular weight excluding hydrogens is 580 g/mol. The Morgan fingerprint density at radius 2 is 1.59 bits per heavy atom. The number of ether oxygens (including phenoxy) is 1. The molecule has 0 aromatic heterocycles. The van der Waals surface area contributed by atoms with Gasteiger partial charge in [-0.1, -0.05) is 65.0 Å². The van der Waals surface area contributed by atoms with Crippen LogP contribution in [0.2, 0.25) is 0 Å². The third-order valence-corrected chi connectivity index (χ3v) is 9.59. The quantitative estimate of drug-likeness (QED) is 0.276. The smallest absolute Gasteiger partial charge is 0.243 e. The van der Waals surface area contributed by atoms with Crippen LogP contribution in [-0.2, 0) is 26.0 Å². The van der Waals surface area contributed by atoms with Crippen molar-refractivity contribution in [2.24, 2.45) is 11.3 Å². The number of nitrogens with zero attached hydrogens (tertiary/aromatic N) is 2. The number of aliphatic hydroxyl groups is 1. The minimum Gasteiger partial charge on any atom is -0.497 e. The van der Waals surface area contributed by atoms with Crippen LogP contribution in [-0.4, -0.2) is 92.6 Å². The van der Waals surface area contributed by atoms with E-state index >= 15 is 0 Å². The normalized spacial score (nSPS) is 16.5. The van der Waals surface area contributed by atoms with Crippen molar-refractivity contribution in [2.45, 2.75) is 77.0 Å². The molecule has 10 nitrogen and oxygen atoms in total. The highest BCUT2D eigenvalue weighted by Gasteiger charge is 2.37. The molecule has 0 radical (unpaired) electrons. The van der Waals surface area contributed by atoms with Crippen molar-refractivity contribution in [1.82, 2.24) is 19.8 Å². The summed E-state index contributed by atoms with van der Waals surface area (Å²) in [5.74, 6) is -0.143. The number of sulfonamides is 1. The molecule has 244 valence electrons. The Labute approximate surface area is 263 Å². The van der Waals surface area contributed by atoms with E-state index in [1.807, 2.05) is 65.0 Å². The third-order valence-electron chi connectivity index (χ3n) is 7.75. The summed E-state index contributed by atoms with van der Waals surface area (Å²) in [5, 5.41) is 17.5. The molecule has 11 heteroatoms. The van der Waals surface area contributed by atoms with Crippen molar-refractivity contribution in [3.05, 3.63) is 60.2 Å². The maximum absolute atomic E-state index is 13.8. The van der Waals surface area contributed by atoms with Crippen LogP contribution in [0.15, 0.2) is 59.5 Å². The minimum absolute atomic E-state index is 0.0199. The molecule has 1 heterocycles. The fourth-order valence-corrected chi connectivity index (χ4v) is 6.98. The van der Waals surface area contributed by atoms with E-state index in [0.717, 1.165) is 31.5 Å². The number of hydrogen-bond donors (Lipinski definition) is 3. The molecule has 3 rings (SSSR count). The van der Waals surface area contributed by atoms with Gasteiger partial charge < -0.3 is 20.5 Å². The Hall–Kier alpha value is -2.99. The number of amides is 2. The SMILES string of the molecule is COc1ccc(S(=O)(=O)N(CC(C)C)C[C@@H](O)C(Cc2ccccc2)NC(=O)[C@@H](NC(=O)CN2CCCC2)C(C)(C)C)cc1. The second kappa shape index (κ2) is 15.8. The molecule has 0 saturated carbocycles. The first-order valence-electron chi connectivity index (χ1n) is 15.4. The summed E-state index contributed by atoms with van der Waals surface area (Å²) >= 11 is 0. The van der Waals surface area contributed by atoms with Gasteiger partial charge in [0, 0.05) is 13.1 Å². The van der Waals surface area contributed by atoms with Crippen LogP contribution in [0.4, 0.5) is 0 Å². The van der Waals surface area contributed by atoms with E-state index in [1.165, 1.54) is 23.5 Å². The third kappa shape index (κ3) is 10.3. The van der Waals surface area contributed by atoms with Crippen molar-refractivity contribution >= 4 is 21.8 Å². The highest BCUT2D eigenvalue weighted by Crippen LogP contribution is 2.23. The number of likely N-dealkylation sites (tertiary alicyclic amines) is 1. The first-order valence-corrected chi connectivity index (χ1v) is 16.8. The highest BCUT2D eigenvalue weighted by atomic mass is 32.2. The predicted octanol–water partition coefficient (Wildman–Crippen LogP) is 3.06. The molecule has 3 atom stereocenters. The Kier molecular flexibility index (Phi) is 12.8. The van der Waals surface area contributed by atoms with Crippen LogP contribution in [0.1, 0.15) is 53.0 Å². The van der Waals surface area contributed by atoms with E-state index in [2.05, 4.69) is 15.5 Å². The van der Waals surface area contributed by atoms with Crippen LogP contribution in [0.3, 0.4) is 0 Å². The average Bonchev–Trinajstić information content (AvgIpc) is 3.47. The lowest BCUT2D eigenvalue weighted by atomic mass is 9.85. The predicted molar refractivity (Wildman–Crippen MR) is 172 cm³/mol. The second-order valence-electron chi connectivity index (χ2n) is 13.1. The zero-order valence-electron chi connectivity index (χ0n) is 27.0. The van der Waals surface area contributed by atoms with E-state index in [0.29, 0.717) is 5.75 Å². The van der Waals surface area contributed by atoms with Crippen molar-refractivity contribution in [1.29, 1.82) is 0 Å². The zero-order chi connectivity index (χ0) is 32.5. The topological polar surface area (TPSA) is 128 Å². The molecule has 1 fully saturated rings. The van der Waals surface area contributed by atoms with Crippen molar-refractivity contribution in [2.75, 3.05) is 39.8 Å². The van der Waals surface area contributed by atoms with Crippen LogP contribution in [0.25, 0.3) is 0 Å². The second-order valence-corrected chi connectivity index (χ2v) is 15.1. The molecule has 1 unspecified atom stereocenters. The molecule has 0 bridgehead atoms. The van der Waals surface area contributed by atoms with E-state index < -0.39 is 39.5 Å². The number of carbonyl (C=O) groups is 2. The Morgan fingerprint density at radius 3 is 2.14 bits per heavy atom. The maximum atomic E-state index is 13.8. The van der Waals surface area contributed by atoms with Gasteiger partial charge in [0.05, 0.1) is 30.7 Å². The number of methoxy groups -OCH3 is 1. The van der Waals surface area contributed by atoms with Gasteiger partial charge in [-0.2, -0.15) is 4.31 Å².